The fraction of sp³-hybridized carbons (Fsp3) is 0.579. The fourth-order valence-corrected chi connectivity index (χ4v) is 3.51. The highest BCUT2D eigenvalue weighted by Crippen LogP contribution is 2.33. The zero-order valence-corrected chi connectivity index (χ0v) is 18.5. The maximum Gasteiger partial charge on any atom is 0.251 e. The number of nitrogens with one attached hydrogen (secondary N) is 2. The van der Waals surface area contributed by atoms with Gasteiger partial charge in [-0.05, 0) is 13.3 Å². The second-order valence-corrected chi connectivity index (χ2v) is 7.52. The van der Waals surface area contributed by atoms with E-state index in [1.54, 1.807) is 10.9 Å². The Kier molecular flexibility index (Phi) is 6.78. The number of hydrogen-bond acceptors (Lipinski definition) is 11. The van der Waals surface area contributed by atoms with Gasteiger partial charge in [-0.2, -0.15) is 0 Å². The maximum atomic E-state index is 12.0. The molecule has 1 fully saturated rings. The Bertz CT molecular complexity index is 1120. The molecule has 0 bridgehead atoms. The average molecular weight is 461 g/mol. The predicted molar refractivity (Wildman–Crippen MR) is 114 cm³/mol. The lowest BCUT2D eigenvalue weighted by Crippen LogP contribution is -2.41. The molecule has 0 aliphatic carbocycles. The largest absolute Gasteiger partial charge is 0.387 e. The highest BCUT2D eigenvalue weighted by Gasteiger charge is 2.47. The number of anilines is 1. The maximum absolute atomic E-state index is 12.0. The van der Waals surface area contributed by atoms with Crippen molar-refractivity contribution in [3.63, 3.8) is 0 Å². The molecule has 4 heterocycles. The molecule has 1 amide bonds. The van der Waals surface area contributed by atoms with Gasteiger partial charge in [0.25, 0.3) is 5.91 Å². The van der Waals surface area contributed by atoms with Crippen molar-refractivity contribution >= 4 is 22.9 Å². The van der Waals surface area contributed by atoms with Crippen molar-refractivity contribution in [1.29, 1.82) is 0 Å². The molecule has 0 radical (unpaired) electrons. The van der Waals surface area contributed by atoms with Crippen LogP contribution in [-0.2, 0) is 20.9 Å². The molecule has 33 heavy (non-hydrogen) atoms. The first kappa shape index (κ1) is 23.0. The summed E-state index contributed by atoms with van der Waals surface area (Å²) in [7, 11) is 1.42. The van der Waals surface area contributed by atoms with Crippen LogP contribution in [0.5, 0.6) is 0 Å². The quantitative estimate of drug-likeness (QED) is 0.306. The van der Waals surface area contributed by atoms with E-state index in [4.69, 9.17) is 9.57 Å². The lowest BCUT2D eigenvalue weighted by molar-refractivity contribution is -0.137. The highest BCUT2D eigenvalue weighted by molar-refractivity contribution is 5.85. The highest BCUT2D eigenvalue weighted by atomic mass is 16.6. The average Bonchev–Trinajstić information content (AvgIpc) is 3.54. The second kappa shape index (κ2) is 9.74. The summed E-state index contributed by atoms with van der Waals surface area (Å²) in [6, 6.07) is 0. The molecule has 4 N–H and O–H groups in total. The molecule has 1 aliphatic rings. The van der Waals surface area contributed by atoms with Crippen molar-refractivity contribution in [2.75, 3.05) is 19.1 Å². The normalized spacial score (nSPS) is 22.7. The number of carbonyl (C=O) groups is 1. The lowest BCUT2D eigenvalue weighted by Gasteiger charge is -2.16. The number of ether oxygens (including phenoxy) is 1. The van der Waals surface area contributed by atoms with Gasteiger partial charge >= 0.3 is 0 Å². The number of imidazole rings is 1. The van der Waals surface area contributed by atoms with Crippen LogP contribution < -0.4 is 10.8 Å². The molecule has 1 aliphatic heterocycles. The van der Waals surface area contributed by atoms with Crippen LogP contribution in [0.4, 0.5) is 5.82 Å². The summed E-state index contributed by atoms with van der Waals surface area (Å²) < 4.78 is 8.83. The Morgan fingerprint density at radius 1 is 1.27 bits per heavy atom. The first-order valence-corrected chi connectivity index (χ1v) is 10.7. The number of unbranched alkanes of at least 4 members (excludes halogenated alkanes) is 1. The van der Waals surface area contributed by atoms with E-state index >= 15 is 0 Å². The Morgan fingerprint density at radius 2 is 2.09 bits per heavy atom. The summed E-state index contributed by atoms with van der Waals surface area (Å²) in [5, 5.41) is 31.6. The van der Waals surface area contributed by atoms with E-state index < -0.39 is 30.4 Å². The Balaban J connectivity index is 1.75. The minimum atomic E-state index is -1.42. The van der Waals surface area contributed by atoms with E-state index in [0.29, 0.717) is 30.0 Å². The number of aryl methyl sites for hydroxylation is 1. The zero-order chi connectivity index (χ0) is 23.5. The van der Waals surface area contributed by atoms with E-state index in [2.05, 4.69) is 43.0 Å². The molecular formula is C19H27N9O5. The number of aliphatic hydroxyl groups is 2. The van der Waals surface area contributed by atoms with Gasteiger partial charge in [0, 0.05) is 13.6 Å². The van der Waals surface area contributed by atoms with E-state index in [1.165, 1.54) is 17.9 Å². The van der Waals surface area contributed by atoms with Crippen LogP contribution in [0.1, 0.15) is 32.9 Å². The van der Waals surface area contributed by atoms with Gasteiger partial charge in [-0.1, -0.05) is 18.6 Å². The third-order valence-electron chi connectivity index (χ3n) is 5.26. The number of aromatic nitrogens is 7. The summed E-state index contributed by atoms with van der Waals surface area (Å²) in [5.41, 5.74) is 3.83. The van der Waals surface area contributed by atoms with Crippen LogP contribution in [0.3, 0.4) is 0 Å². The molecule has 3 aromatic rings. The van der Waals surface area contributed by atoms with Crippen molar-refractivity contribution in [2.24, 2.45) is 0 Å². The van der Waals surface area contributed by atoms with Crippen LogP contribution >= 0.6 is 0 Å². The molecule has 14 nitrogen and oxygen atoms in total. The van der Waals surface area contributed by atoms with Gasteiger partial charge in [-0.15, -0.1) is 5.10 Å². The molecule has 0 saturated carbocycles. The standard InChI is InChI=1S/C19H27N9O5/c1-4-6-7-27-8-10(24-26-27)15-22-16(25-32-5-2)11-17(23-15)28(9-21-11)19-13(30)12(29)14(33-19)18(31)20-3/h8-9,12-14,19,29-30H,4-7H2,1-3H3,(H,20,31)(H,22,23,25)/t12-,13+,14-,19+/m0/s1. The Hall–Kier alpha value is -3.20. The van der Waals surface area contributed by atoms with Crippen molar-refractivity contribution in [3.05, 3.63) is 12.5 Å². The summed E-state index contributed by atoms with van der Waals surface area (Å²) >= 11 is 0. The lowest BCUT2D eigenvalue weighted by atomic mass is 10.1. The Labute approximate surface area is 188 Å². The summed E-state index contributed by atoms with van der Waals surface area (Å²) in [5.74, 6) is -0.00846. The molecule has 1 saturated heterocycles. The van der Waals surface area contributed by atoms with E-state index in [9.17, 15) is 15.0 Å². The van der Waals surface area contributed by atoms with Gasteiger partial charge in [0.05, 0.1) is 19.1 Å². The zero-order valence-electron chi connectivity index (χ0n) is 18.5. The number of likely N-dealkylation sites (N-methyl/N-ethyl adjacent to an activating group) is 1. The molecule has 178 valence electrons. The van der Waals surface area contributed by atoms with Crippen molar-refractivity contribution in [2.45, 2.75) is 57.8 Å². The van der Waals surface area contributed by atoms with Gasteiger partial charge in [0.1, 0.15) is 17.9 Å². The first-order valence-electron chi connectivity index (χ1n) is 10.7. The van der Waals surface area contributed by atoms with Gasteiger partial charge < -0.3 is 20.3 Å². The number of hydrogen-bond donors (Lipinski definition) is 4. The van der Waals surface area contributed by atoms with Gasteiger partial charge in [-0.3, -0.25) is 18.9 Å². The molecule has 3 aromatic heterocycles. The summed E-state index contributed by atoms with van der Waals surface area (Å²) in [4.78, 5) is 30.7. The minimum Gasteiger partial charge on any atom is -0.387 e. The van der Waals surface area contributed by atoms with Crippen molar-refractivity contribution < 1.29 is 24.6 Å². The number of fused-ring (bicyclic) bond motifs is 1. The first-order chi connectivity index (χ1) is 16.0. The van der Waals surface area contributed by atoms with Gasteiger partial charge in [0.15, 0.2) is 35.1 Å². The van der Waals surface area contributed by atoms with E-state index in [1.807, 2.05) is 6.92 Å². The fourth-order valence-electron chi connectivity index (χ4n) is 3.51. The van der Waals surface area contributed by atoms with Crippen LogP contribution in [0, 0.1) is 0 Å². The molecule has 4 atom stereocenters. The molecular weight excluding hydrogens is 434 g/mol. The molecule has 0 spiro atoms. The third kappa shape index (κ3) is 4.37. The minimum absolute atomic E-state index is 0.255. The Morgan fingerprint density at radius 3 is 2.82 bits per heavy atom. The molecule has 14 heteroatoms. The van der Waals surface area contributed by atoms with Gasteiger partial charge in [0.2, 0.25) is 0 Å². The number of carbonyl (C=O) groups excluding carboxylic acids is 1. The SMILES string of the molecule is CCCCn1cc(-c2nc(NOCC)c3ncn([C@@H]4O[C@H](C(=O)NC)[C@@H](O)[C@H]4O)c3n2)nn1. The smallest absolute Gasteiger partial charge is 0.251 e. The van der Waals surface area contributed by atoms with Crippen LogP contribution in [-0.4, -0.2) is 82.6 Å². The third-order valence-corrected chi connectivity index (χ3v) is 5.26. The summed E-state index contributed by atoms with van der Waals surface area (Å²) in [6.45, 7) is 4.99. The predicted octanol–water partition coefficient (Wildman–Crippen LogP) is -0.386. The topological polar surface area (TPSA) is 174 Å². The number of aliphatic hydroxyl groups excluding tert-OH is 2. The van der Waals surface area contributed by atoms with Crippen LogP contribution in [0.25, 0.3) is 22.7 Å². The van der Waals surface area contributed by atoms with Crippen LogP contribution in [0.15, 0.2) is 12.5 Å². The number of nitrogens with zero attached hydrogens (tertiary/aromatic N) is 7. The number of amides is 1. The molecule has 0 aromatic carbocycles. The van der Waals surface area contributed by atoms with Crippen LogP contribution in [0.2, 0.25) is 0 Å². The molecule has 4 rings (SSSR count). The van der Waals surface area contributed by atoms with E-state index in [0.717, 1.165) is 12.8 Å². The van der Waals surface area contributed by atoms with Crippen molar-refractivity contribution in [1.82, 2.24) is 39.8 Å². The summed E-state index contributed by atoms with van der Waals surface area (Å²) in [6.07, 6.45) is -0.0399. The monoisotopic (exact) mass is 461 g/mol. The van der Waals surface area contributed by atoms with Crippen molar-refractivity contribution in [3.8, 4) is 11.5 Å². The second-order valence-electron chi connectivity index (χ2n) is 7.52. The number of rotatable bonds is 9. The molecule has 0 unspecified atom stereocenters. The van der Waals surface area contributed by atoms with E-state index in [-0.39, 0.29) is 11.6 Å². The van der Waals surface area contributed by atoms with Gasteiger partial charge in [-0.25, -0.2) is 20.4 Å².